The molecule has 1 aromatic rings. The number of benzene rings is 1. The van der Waals surface area contributed by atoms with Gasteiger partial charge in [-0.2, -0.15) is 0 Å². The molecule has 0 saturated carbocycles. The van der Waals surface area contributed by atoms with Crippen LogP contribution in [0.4, 0.5) is 0 Å². The molecule has 0 saturated heterocycles. The van der Waals surface area contributed by atoms with Gasteiger partial charge in [0.2, 0.25) is 0 Å². The number of aliphatic hydroxyl groups excluding tert-OH is 1. The molecule has 12 heavy (non-hydrogen) atoms. The first kappa shape index (κ1) is 9.30. The molecule has 0 aliphatic carbocycles. The third-order valence-corrected chi connectivity index (χ3v) is 1.75. The maximum atomic E-state index is 9.55. The highest BCUT2D eigenvalue weighted by molar-refractivity contribution is 6.29. The summed E-state index contributed by atoms with van der Waals surface area (Å²) in [6.07, 6.45) is -0.123. The monoisotopic (exact) mass is 182 g/mol. The zero-order chi connectivity index (χ0) is 8.97. The van der Waals surface area contributed by atoms with Crippen molar-refractivity contribution in [3.8, 4) is 0 Å². The number of hydrogen-bond donors (Lipinski definition) is 1. The van der Waals surface area contributed by atoms with E-state index in [1.54, 1.807) is 0 Å². The van der Waals surface area contributed by atoms with Crippen molar-refractivity contribution >= 4 is 11.6 Å². The summed E-state index contributed by atoms with van der Waals surface area (Å²) in [6, 6.07) is 9.41. The fraction of sp³-hybridized carbons (Fsp3) is 0.200. The lowest BCUT2D eigenvalue weighted by molar-refractivity contribution is 0.180. The minimum absolute atomic E-state index is 0.408. The molecule has 1 atom stereocenters. The Kier molecular flexibility index (Phi) is 3.32. The normalized spacial score (nSPS) is 12.5. The van der Waals surface area contributed by atoms with E-state index in [-0.39, 0.29) is 0 Å². The third-order valence-electron chi connectivity index (χ3n) is 1.60. The van der Waals surface area contributed by atoms with Gasteiger partial charge in [-0.3, -0.25) is 0 Å². The van der Waals surface area contributed by atoms with Gasteiger partial charge in [0.1, 0.15) is 0 Å². The predicted octanol–water partition coefficient (Wildman–Crippen LogP) is 2.86. The second kappa shape index (κ2) is 4.29. The first-order valence-corrected chi connectivity index (χ1v) is 4.14. The van der Waals surface area contributed by atoms with E-state index < -0.39 is 6.10 Å². The van der Waals surface area contributed by atoms with E-state index in [2.05, 4.69) is 6.58 Å². The summed E-state index contributed by atoms with van der Waals surface area (Å²) in [4.78, 5) is 0. The van der Waals surface area contributed by atoms with Crippen LogP contribution in [0, 0.1) is 0 Å². The van der Waals surface area contributed by atoms with Gasteiger partial charge in [-0.15, -0.1) is 0 Å². The average molecular weight is 183 g/mol. The minimum atomic E-state index is -0.531. The number of aliphatic hydroxyl groups is 1. The molecular weight excluding hydrogens is 172 g/mol. The molecule has 1 nitrogen and oxygen atoms in total. The number of rotatable bonds is 3. The van der Waals surface area contributed by atoms with Gasteiger partial charge in [-0.1, -0.05) is 48.5 Å². The van der Waals surface area contributed by atoms with Crippen LogP contribution >= 0.6 is 11.6 Å². The van der Waals surface area contributed by atoms with Crippen molar-refractivity contribution in [1.82, 2.24) is 0 Å². The molecule has 0 aliphatic rings. The quantitative estimate of drug-likeness (QED) is 0.762. The smallest absolute Gasteiger partial charge is 0.0838 e. The molecular formula is C10H11ClO. The fourth-order valence-corrected chi connectivity index (χ4v) is 1.15. The summed E-state index contributed by atoms with van der Waals surface area (Å²) in [5.41, 5.74) is 0.874. The SMILES string of the molecule is C=C(Cl)CC(O)c1ccccc1. The highest BCUT2D eigenvalue weighted by Gasteiger charge is 2.06. The van der Waals surface area contributed by atoms with Crippen molar-refractivity contribution in [3.63, 3.8) is 0 Å². The summed E-state index contributed by atoms with van der Waals surface area (Å²) in [5.74, 6) is 0. The molecule has 1 unspecified atom stereocenters. The summed E-state index contributed by atoms with van der Waals surface area (Å²) in [6.45, 7) is 3.53. The molecule has 1 aromatic carbocycles. The fourth-order valence-electron chi connectivity index (χ4n) is 1.00. The van der Waals surface area contributed by atoms with Crippen molar-refractivity contribution in [2.24, 2.45) is 0 Å². The Morgan fingerprint density at radius 3 is 2.50 bits per heavy atom. The van der Waals surface area contributed by atoms with E-state index in [1.807, 2.05) is 30.3 Å². The Hall–Kier alpha value is -0.790. The Labute approximate surface area is 77.3 Å². The molecule has 0 heterocycles. The lowest BCUT2D eigenvalue weighted by Crippen LogP contribution is -1.95. The van der Waals surface area contributed by atoms with Gasteiger partial charge in [-0.05, 0) is 5.56 Å². The molecule has 0 fully saturated rings. The van der Waals surface area contributed by atoms with Crippen LogP contribution in [0.2, 0.25) is 0 Å². The standard InChI is InChI=1S/C10H11ClO/c1-8(11)7-10(12)9-5-3-2-4-6-9/h2-6,10,12H,1,7H2. The molecule has 2 heteroatoms. The van der Waals surface area contributed by atoms with Crippen molar-refractivity contribution in [3.05, 3.63) is 47.5 Å². The van der Waals surface area contributed by atoms with Crippen LogP contribution in [0.3, 0.4) is 0 Å². The minimum Gasteiger partial charge on any atom is -0.388 e. The Balaban J connectivity index is 2.65. The van der Waals surface area contributed by atoms with Crippen LogP contribution < -0.4 is 0 Å². The summed E-state index contributed by atoms with van der Waals surface area (Å²) < 4.78 is 0. The zero-order valence-electron chi connectivity index (χ0n) is 6.70. The van der Waals surface area contributed by atoms with E-state index in [1.165, 1.54) is 0 Å². The molecule has 64 valence electrons. The topological polar surface area (TPSA) is 20.2 Å². The molecule has 0 amide bonds. The average Bonchev–Trinajstić information content (AvgIpc) is 2.05. The van der Waals surface area contributed by atoms with Crippen LogP contribution in [0.1, 0.15) is 18.1 Å². The van der Waals surface area contributed by atoms with Crippen LogP contribution in [0.25, 0.3) is 0 Å². The molecule has 0 bridgehead atoms. The van der Waals surface area contributed by atoms with E-state index >= 15 is 0 Å². The lowest BCUT2D eigenvalue weighted by atomic mass is 10.1. The van der Waals surface area contributed by atoms with E-state index in [9.17, 15) is 5.11 Å². The van der Waals surface area contributed by atoms with Crippen LogP contribution in [0.15, 0.2) is 41.9 Å². The van der Waals surface area contributed by atoms with Gasteiger partial charge in [0.05, 0.1) is 6.10 Å². The highest BCUT2D eigenvalue weighted by Crippen LogP contribution is 2.21. The van der Waals surface area contributed by atoms with E-state index in [4.69, 9.17) is 11.6 Å². The van der Waals surface area contributed by atoms with Gasteiger partial charge < -0.3 is 5.11 Å². The van der Waals surface area contributed by atoms with E-state index in [0.29, 0.717) is 11.5 Å². The van der Waals surface area contributed by atoms with Crippen molar-refractivity contribution in [2.45, 2.75) is 12.5 Å². The van der Waals surface area contributed by atoms with Gasteiger partial charge in [0, 0.05) is 11.5 Å². The van der Waals surface area contributed by atoms with Gasteiger partial charge in [0.25, 0.3) is 0 Å². The van der Waals surface area contributed by atoms with Crippen LogP contribution in [-0.2, 0) is 0 Å². The Bertz CT molecular complexity index is 256. The lowest BCUT2D eigenvalue weighted by Gasteiger charge is -2.08. The second-order valence-electron chi connectivity index (χ2n) is 2.65. The maximum Gasteiger partial charge on any atom is 0.0838 e. The van der Waals surface area contributed by atoms with Gasteiger partial charge >= 0.3 is 0 Å². The molecule has 1 rings (SSSR count). The van der Waals surface area contributed by atoms with Gasteiger partial charge in [-0.25, -0.2) is 0 Å². The first-order valence-electron chi connectivity index (χ1n) is 3.76. The molecule has 1 N–H and O–H groups in total. The van der Waals surface area contributed by atoms with E-state index in [0.717, 1.165) is 5.56 Å². The second-order valence-corrected chi connectivity index (χ2v) is 3.18. The van der Waals surface area contributed by atoms with Crippen molar-refractivity contribution in [1.29, 1.82) is 0 Å². The van der Waals surface area contributed by atoms with Crippen molar-refractivity contribution in [2.75, 3.05) is 0 Å². The van der Waals surface area contributed by atoms with Gasteiger partial charge in [0.15, 0.2) is 0 Å². The maximum absolute atomic E-state index is 9.55. The summed E-state index contributed by atoms with van der Waals surface area (Å²) in [7, 11) is 0. The summed E-state index contributed by atoms with van der Waals surface area (Å²) >= 11 is 5.57. The molecule has 0 aromatic heterocycles. The van der Waals surface area contributed by atoms with Crippen LogP contribution in [0.5, 0.6) is 0 Å². The number of hydrogen-bond acceptors (Lipinski definition) is 1. The Morgan fingerprint density at radius 2 is 2.00 bits per heavy atom. The number of halogens is 1. The molecule has 0 radical (unpaired) electrons. The van der Waals surface area contributed by atoms with Crippen LogP contribution in [-0.4, -0.2) is 5.11 Å². The molecule has 0 spiro atoms. The predicted molar refractivity (Wildman–Crippen MR) is 51.0 cm³/mol. The zero-order valence-corrected chi connectivity index (χ0v) is 7.46. The third kappa shape index (κ3) is 2.68. The highest BCUT2D eigenvalue weighted by atomic mass is 35.5. The Morgan fingerprint density at radius 1 is 1.42 bits per heavy atom. The molecule has 0 aliphatic heterocycles. The largest absolute Gasteiger partial charge is 0.388 e. The summed E-state index contributed by atoms with van der Waals surface area (Å²) in [5, 5.41) is 10.0. The van der Waals surface area contributed by atoms with Crippen molar-refractivity contribution < 1.29 is 5.11 Å². The first-order chi connectivity index (χ1) is 5.70.